The molecule has 0 spiro atoms. The van der Waals surface area contributed by atoms with E-state index in [1.807, 2.05) is 24.3 Å². The van der Waals surface area contributed by atoms with Crippen LogP contribution in [0.1, 0.15) is 16.4 Å². The quantitative estimate of drug-likeness (QED) is 0.563. The number of fused-ring (bicyclic) bond motifs is 1. The van der Waals surface area contributed by atoms with Gasteiger partial charge in [-0.25, -0.2) is 4.98 Å². The van der Waals surface area contributed by atoms with Crippen molar-refractivity contribution < 1.29 is 9.21 Å². The van der Waals surface area contributed by atoms with E-state index in [-0.39, 0.29) is 5.78 Å². The predicted octanol–water partition coefficient (Wildman–Crippen LogP) is 3.05. The molecule has 4 heteroatoms. The van der Waals surface area contributed by atoms with Gasteiger partial charge in [0.15, 0.2) is 5.82 Å². The lowest BCUT2D eigenvalue weighted by molar-refractivity contribution is 0.103. The summed E-state index contributed by atoms with van der Waals surface area (Å²) in [5.41, 5.74) is 1.64. The number of aromatic amines is 1. The number of furan rings is 1. The lowest BCUT2D eigenvalue weighted by atomic mass is 10.3. The topological polar surface area (TPSA) is 58.9 Å². The molecular formula is C14H10N2O2. The van der Waals surface area contributed by atoms with Crippen molar-refractivity contribution in [2.45, 2.75) is 0 Å². The minimum Gasteiger partial charge on any atom is -0.465 e. The number of carbonyl (C=O) groups excluding carboxylic acids is 1. The van der Waals surface area contributed by atoms with Crippen LogP contribution in [0, 0.1) is 0 Å². The first kappa shape index (κ1) is 10.5. The van der Waals surface area contributed by atoms with Crippen molar-refractivity contribution in [3.05, 3.63) is 60.3 Å². The van der Waals surface area contributed by atoms with Crippen molar-refractivity contribution in [2.75, 3.05) is 0 Å². The minimum absolute atomic E-state index is 0.178. The molecule has 0 aliphatic carbocycles. The molecule has 0 amide bonds. The van der Waals surface area contributed by atoms with Crippen LogP contribution in [0.3, 0.4) is 0 Å². The molecule has 1 aromatic carbocycles. The normalized spacial score (nSPS) is 11.3. The van der Waals surface area contributed by atoms with Crippen molar-refractivity contribution in [1.82, 2.24) is 9.97 Å². The molecule has 0 fully saturated rings. The number of benzene rings is 1. The molecule has 0 unspecified atom stereocenters. The molecule has 18 heavy (non-hydrogen) atoms. The van der Waals surface area contributed by atoms with Crippen LogP contribution in [0.15, 0.2) is 53.2 Å². The molecular weight excluding hydrogens is 228 g/mol. The Labute approximate surface area is 103 Å². The minimum atomic E-state index is -0.178. The third-order valence-corrected chi connectivity index (χ3v) is 2.56. The largest absolute Gasteiger partial charge is 0.465 e. The van der Waals surface area contributed by atoms with E-state index in [0.29, 0.717) is 11.6 Å². The molecule has 3 rings (SSSR count). The van der Waals surface area contributed by atoms with Gasteiger partial charge in [0, 0.05) is 0 Å². The van der Waals surface area contributed by atoms with Gasteiger partial charge < -0.3 is 9.40 Å². The van der Waals surface area contributed by atoms with Crippen molar-refractivity contribution in [3.8, 4) is 0 Å². The molecule has 0 saturated carbocycles. The lowest BCUT2D eigenvalue weighted by Crippen LogP contribution is -1.96. The number of allylic oxidation sites excluding steroid dienone is 1. The van der Waals surface area contributed by atoms with Crippen LogP contribution in [0.5, 0.6) is 0 Å². The second-order valence-corrected chi connectivity index (χ2v) is 3.82. The number of hydrogen-bond donors (Lipinski definition) is 1. The monoisotopic (exact) mass is 238 g/mol. The molecule has 3 aromatic rings. The van der Waals surface area contributed by atoms with E-state index < -0.39 is 0 Å². The second-order valence-electron chi connectivity index (χ2n) is 3.82. The molecule has 0 aliphatic heterocycles. The molecule has 0 radical (unpaired) electrons. The summed E-state index contributed by atoms with van der Waals surface area (Å²) in [7, 11) is 0. The molecule has 4 nitrogen and oxygen atoms in total. The summed E-state index contributed by atoms with van der Waals surface area (Å²) in [4.78, 5) is 19.1. The van der Waals surface area contributed by atoms with Crippen molar-refractivity contribution in [2.24, 2.45) is 0 Å². The first-order valence-corrected chi connectivity index (χ1v) is 5.53. The van der Waals surface area contributed by atoms with Gasteiger partial charge in [-0.1, -0.05) is 12.1 Å². The number of hydrogen-bond acceptors (Lipinski definition) is 3. The van der Waals surface area contributed by atoms with Crippen LogP contribution in [-0.4, -0.2) is 15.8 Å². The van der Waals surface area contributed by atoms with Gasteiger partial charge in [-0.15, -0.1) is 0 Å². The van der Waals surface area contributed by atoms with Crippen LogP contribution >= 0.6 is 0 Å². The van der Waals surface area contributed by atoms with Crippen molar-refractivity contribution in [3.63, 3.8) is 0 Å². The Morgan fingerprint density at radius 2 is 2.11 bits per heavy atom. The Balaban J connectivity index is 1.88. The number of carbonyl (C=O) groups is 1. The lowest BCUT2D eigenvalue weighted by Gasteiger charge is -1.87. The molecule has 0 bridgehead atoms. The SMILES string of the molecule is O=C(/C=C/c1ccco1)c1nc2ccccc2[nH]1. The number of para-hydroxylation sites is 2. The van der Waals surface area contributed by atoms with Gasteiger partial charge in [-0.3, -0.25) is 4.79 Å². The first-order chi connectivity index (χ1) is 8.83. The van der Waals surface area contributed by atoms with Crippen LogP contribution in [0.2, 0.25) is 0 Å². The van der Waals surface area contributed by atoms with Crippen LogP contribution in [0.25, 0.3) is 17.1 Å². The Kier molecular flexibility index (Phi) is 2.53. The van der Waals surface area contributed by atoms with Gasteiger partial charge in [-0.05, 0) is 36.4 Å². The summed E-state index contributed by atoms with van der Waals surface area (Å²) in [6, 6.07) is 11.1. The fraction of sp³-hybridized carbons (Fsp3) is 0. The summed E-state index contributed by atoms with van der Waals surface area (Å²) in [6.45, 7) is 0. The maximum Gasteiger partial charge on any atom is 0.221 e. The van der Waals surface area contributed by atoms with Gasteiger partial charge in [0.05, 0.1) is 17.3 Å². The number of nitrogens with one attached hydrogen (secondary N) is 1. The smallest absolute Gasteiger partial charge is 0.221 e. The fourth-order valence-corrected chi connectivity index (χ4v) is 1.69. The highest BCUT2D eigenvalue weighted by Gasteiger charge is 2.07. The van der Waals surface area contributed by atoms with E-state index in [1.165, 1.54) is 6.08 Å². The average Bonchev–Trinajstić information content (AvgIpc) is 3.04. The molecule has 2 heterocycles. The Bertz CT molecular complexity index is 675. The molecule has 0 atom stereocenters. The summed E-state index contributed by atoms with van der Waals surface area (Å²) < 4.78 is 5.11. The van der Waals surface area contributed by atoms with E-state index in [1.54, 1.807) is 24.5 Å². The maximum atomic E-state index is 11.9. The standard InChI is InChI=1S/C14H10N2O2/c17-13(8-7-10-4-3-9-18-10)14-15-11-5-1-2-6-12(11)16-14/h1-9H,(H,15,16)/b8-7+. The van der Waals surface area contributed by atoms with Gasteiger partial charge in [0.25, 0.3) is 0 Å². The number of imidazole rings is 1. The molecule has 2 aromatic heterocycles. The highest BCUT2D eigenvalue weighted by Crippen LogP contribution is 2.11. The van der Waals surface area contributed by atoms with Crippen LogP contribution < -0.4 is 0 Å². The predicted molar refractivity (Wildman–Crippen MR) is 68.2 cm³/mol. The highest BCUT2D eigenvalue weighted by atomic mass is 16.3. The van der Waals surface area contributed by atoms with Crippen molar-refractivity contribution in [1.29, 1.82) is 0 Å². The fourth-order valence-electron chi connectivity index (χ4n) is 1.69. The summed E-state index contributed by atoms with van der Waals surface area (Å²) in [5.74, 6) is 0.793. The third kappa shape index (κ3) is 1.96. The van der Waals surface area contributed by atoms with E-state index >= 15 is 0 Å². The maximum absolute atomic E-state index is 11.9. The Morgan fingerprint density at radius 1 is 1.22 bits per heavy atom. The van der Waals surface area contributed by atoms with Gasteiger partial charge in [0.2, 0.25) is 5.78 Å². The zero-order valence-corrected chi connectivity index (χ0v) is 9.46. The Hall–Kier alpha value is -2.62. The van der Waals surface area contributed by atoms with E-state index in [2.05, 4.69) is 9.97 Å². The molecule has 0 aliphatic rings. The average molecular weight is 238 g/mol. The van der Waals surface area contributed by atoms with E-state index in [4.69, 9.17) is 4.42 Å². The van der Waals surface area contributed by atoms with Crippen LogP contribution in [-0.2, 0) is 0 Å². The first-order valence-electron chi connectivity index (χ1n) is 5.53. The third-order valence-electron chi connectivity index (χ3n) is 2.56. The Morgan fingerprint density at radius 3 is 2.89 bits per heavy atom. The molecule has 1 N–H and O–H groups in total. The number of ketones is 1. The number of nitrogens with zero attached hydrogens (tertiary/aromatic N) is 1. The second kappa shape index (κ2) is 4.33. The van der Waals surface area contributed by atoms with Gasteiger partial charge >= 0.3 is 0 Å². The van der Waals surface area contributed by atoms with Gasteiger partial charge in [-0.2, -0.15) is 0 Å². The van der Waals surface area contributed by atoms with E-state index in [0.717, 1.165) is 11.0 Å². The highest BCUT2D eigenvalue weighted by molar-refractivity contribution is 6.05. The van der Waals surface area contributed by atoms with Crippen molar-refractivity contribution >= 4 is 22.9 Å². The summed E-state index contributed by atoms with van der Waals surface area (Å²) in [6.07, 6.45) is 4.62. The number of aromatic nitrogens is 2. The van der Waals surface area contributed by atoms with Gasteiger partial charge in [0.1, 0.15) is 5.76 Å². The summed E-state index contributed by atoms with van der Waals surface area (Å²) in [5, 5.41) is 0. The summed E-state index contributed by atoms with van der Waals surface area (Å²) >= 11 is 0. The number of rotatable bonds is 3. The molecule has 0 saturated heterocycles. The number of H-pyrrole nitrogens is 1. The molecule has 88 valence electrons. The van der Waals surface area contributed by atoms with E-state index in [9.17, 15) is 4.79 Å². The zero-order chi connectivity index (χ0) is 12.4. The zero-order valence-electron chi connectivity index (χ0n) is 9.46. The van der Waals surface area contributed by atoms with Crippen LogP contribution in [0.4, 0.5) is 0 Å².